The Labute approximate surface area is 197 Å². The maximum atomic E-state index is 6.32. The van der Waals surface area contributed by atoms with Gasteiger partial charge >= 0.3 is 0 Å². The van der Waals surface area contributed by atoms with Gasteiger partial charge in [-0.2, -0.15) is 0 Å². The number of hydrogen-bond donors (Lipinski definition) is 2. The molecule has 1 aliphatic rings. The number of hydrogen-bond acceptors (Lipinski definition) is 8. The van der Waals surface area contributed by atoms with Crippen molar-refractivity contribution >= 4 is 27.9 Å². The number of nitrogens with zero attached hydrogens (tertiary/aromatic N) is 3. The molecule has 1 fully saturated rings. The Morgan fingerprint density at radius 2 is 2.00 bits per heavy atom. The Bertz CT molecular complexity index is 1280. The molecule has 1 aromatic carbocycles. The second-order valence-electron chi connectivity index (χ2n) is 8.14. The maximum Gasteiger partial charge on any atom is 0.144 e. The summed E-state index contributed by atoms with van der Waals surface area (Å²) in [6.45, 7) is 2.37. The van der Waals surface area contributed by atoms with E-state index in [4.69, 9.17) is 20.2 Å². The number of fused-ring (bicyclic) bond motifs is 1. The largest absolute Gasteiger partial charge is 0.494 e. The first kappa shape index (κ1) is 21.8. The van der Waals surface area contributed by atoms with Crippen LogP contribution in [-0.2, 0) is 11.3 Å². The number of rotatable bonds is 6. The van der Waals surface area contributed by atoms with E-state index in [0.717, 1.165) is 76.5 Å². The van der Waals surface area contributed by atoms with Gasteiger partial charge in [0, 0.05) is 53.5 Å². The standard InChI is InChI=1S/C25H27N5O2S/c1-27-13-21-23(15-6-9-32-10-7-15)33-25(30-21)20-12-29-24(26)19-11-16(3-4-18(19)20)17-5-8-28-14-22(17)31-2/h3-5,8,11-12,14-15,27H,6-7,9-10,13H2,1-2H3,(H2,26,29). The minimum absolute atomic E-state index is 0.493. The van der Waals surface area contributed by atoms with E-state index >= 15 is 0 Å². The number of nitrogen functional groups attached to an aromatic ring is 1. The van der Waals surface area contributed by atoms with Gasteiger partial charge < -0.3 is 20.5 Å². The number of nitrogens with two attached hydrogens (primary N) is 1. The third-order valence-corrected chi connectivity index (χ3v) is 7.42. The Morgan fingerprint density at radius 3 is 2.79 bits per heavy atom. The first-order valence-corrected chi connectivity index (χ1v) is 11.9. The highest BCUT2D eigenvalue weighted by molar-refractivity contribution is 7.15. The smallest absolute Gasteiger partial charge is 0.144 e. The number of methoxy groups -OCH3 is 1. The number of anilines is 1. The minimum atomic E-state index is 0.493. The van der Waals surface area contributed by atoms with Crippen LogP contribution >= 0.6 is 11.3 Å². The van der Waals surface area contributed by atoms with E-state index in [0.29, 0.717) is 11.7 Å². The summed E-state index contributed by atoms with van der Waals surface area (Å²) in [6, 6.07) is 8.20. The number of benzene rings is 1. The summed E-state index contributed by atoms with van der Waals surface area (Å²) in [5.74, 6) is 1.71. The van der Waals surface area contributed by atoms with Crippen molar-refractivity contribution in [3.8, 4) is 27.4 Å². The molecule has 4 heterocycles. The van der Waals surface area contributed by atoms with Crippen LogP contribution in [0.3, 0.4) is 0 Å². The SMILES string of the molecule is CNCc1nc(-c2cnc(N)c3cc(-c4ccncc4OC)ccc23)sc1C1CCOCC1. The number of ether oxygens (including phenoxy) is 2. The quantitative estimate of drug-likeness (QED) is 0.432. The number of aromatic nitrogens is 3. The summed E-state index contributed by atoms with van der Waals surface area (Å²) < 4.78 is 11.1. The third kappa shape index (κ3) is 4.17. The summed E-state index contributed by atoms with van der Waals surface area (Å²) in [5, 5.41) is 6.20. The van der Waals surface area contributed by atoms with Crippen LogP contribution < -0.4 is 15.8 Å². The molecule has 0 aliphatic carbocycles. The lowest BCUT2D eigenvalue weighted by molar-refractivity contribution is 0.0858. The molecule has 4 aromatic rings. The second kappa shape index (κ2) is 9.43. The van der Waals surface area contributed by atoms with Crippen molar-refractivity contribution in [3.05, 3.63) is 53.4 Å². The topological polar surface area (TPSA) is 95.2 Å². The molecule has 0 spiro atoms. The van der Waals surface area contributed by atoms with Crippen molar-refractivity contribution in [3.63, 3.8) is 0 Å². The van der Waals surface area contributed by atoms with E-state index in [-0.39, 0.29) is 0 Å². The Hall–Kier alpha value is -3.07. The van der Waals surface area contributed by atoms with Crippen LogP contribution in [0, 0.1) is 0 Å². The molecule has 33 heavy (non-hydrogen) atoms. The average molecular weight is 462 g/mol. The van der Waals surface area contributed by atoms with Crippen molar-refractivity contribution < 1.29 is 9.47 Å². The van der Waals surface area contributed by atoms with E-state index < -0.39 is 0 Å². The van der Waals surface area contributed by atoms with Crippen LogP contribution in [0.5, 0.6) is 5.75 Å². The molecule has 0 amide bonds. The first-order valence-electron chi connectivity index (χ1n) is 11.1. The second-order valence-corrected chi connectivity index (χ2v) is 9.17. The van der Waals surface area contributed by atoms with Crippen molar-refractivity contribution in [1.29, 1.82) is 0 Å². The van der Waals surface area contributed by atoms with Crippen LogP contribution in [-0.4, -0.2) is 42.3 Å². The zero-order valence-electron chi connectivity index (χ0n) is 18.8. The van der Waals surface area contributed by atoms with Crippen LogP contribution in [0.4, 0.5) is 5.82 Å². The molecular weight excluding hydrogens is 434 g/mol. The molecule has 3 N–H and O–H groups in total. The van der Waals surface area contributed by atoms with Gasteiger partial charge in [0.2, 0.25) is 0 Å². The Kier molecular flexibility index (Phi) is 6.22. The summed E-state index contributed by atoms with van der Waals surface area (Å²) >= 11 is 1.77. The van der Waals surface area contributed by atoms with E-state index in [1.165, 1.54) is 4.88 Å². The molecule has 1 aliphatic heterocycles. The molecule has 0 saturated carbocycles. The van der Waals surface area contributed by atoms with Crippen molar-refractivity contribution in [2.24, 2.45) is 0 Å². The van der Waals surface area contributed by atoms with Crippen LogP contribution in [0.25, 0.3) is 32.5 Å². The lowest BCUT2D eigenvalue weighted by Crippen LogP contribution is -2.16. The van der Waals surface area contributed by atoms with E-state index in [1.54, 1.807) is 30.8 Å². The van der Waals surface area contributed by atoms with E-state index in [2.05, 4.69) is 33.5 Å². The van der Waals surface area contributed by atoms with Gasteiger partial charge in [-0.1, -0.05) is 12.1 Å². The van der Waals surface area contributed by atoms with Crippen molar-refractivity contribution in [1.82, 2.24) is 20.3 Å². The van der Waals surface area contributed by atoms with Crippen molar-refractivity contribution in [2.75, 3.05) is 33.1 Å². The fraction of sp³-hybridized carbons (Fsp3) is 0.320. The summed E-state index contributed by atoms with van der Waals surface area (Å²) in [7, 11) is 3.61. The molecule has 0 atom stereocenters. The van der Waals surface area contributed by atoms with Gasteiger partial charge in [-0.05, 0) is 48.9 Å². The summed E-state index contributed by atoms with van der Waals surface area (Å²) in [5.41, 5.74) is 10.4. The lowest BCUT2D eigenvalue weighted by atomic mass is 9.97. The highest BCUT2D eigenvalue weighted by atomic mass is 32.1. The zero-order valence-corrected chi connectivity index (χ0v) is 19.6. The minimum Gasteiger partial charge on any atom is -0.494 e. The van der Waals surface area contributed by atoms with Crippen LogP contribution in [0.1, 0.15) is 29.3 Å². The highest BCUT2D eigenvalue weighted by Gasteiger charge is 2.24. The Balaban J connectivity index is 1.61. The van der Waals surface area contributed by atoms with Gasteiger partial charge in [-0.25, -0.2) is 9.97 Å². The van der Waals surface area contributed by atoms with Gasteiger partial charge in [0.1, 0.15) is 16.6 Å². The molecule has 0 unspecified atom stereocenters. The zero-order chi connectivity index (χ0) is 22.8. The van der Waals surface area contributed by atoms with Gasteiger partial charge in [-0.3, -0.25) is 4.98 Å². The summed E-state index contributed by atoms with van der Waals surface area (Å²) in [6.07, 6.45) is 7.40. The number of thiazole rings is 1. The Morgan fingerprint density at radius 1 is 1.15 bits per heavy atom. The average Bonchev–Trinajstić information content (AvgIpc) is 3.28. The first-order chi connectivity index (χ1) is 16.2. The number of nitrogens with one attached hydrogen (secondary N) is 1. The van der Waals surface area contributed by atoms with Gasteiger partial charge in [0.25, 0.3) is 0 Å². The fourth-order valence-electron chi connectivity index (χ4n) is 4.43. The van der Waals surface area contributed by atoms with Gasteiger partial charge in [-0.15, -0.1) is 11.3 Å². The van der Waals surface area contributed by atoms with E-state index in [9.17, 15) is 0 Å². The molecular formula is C25H27N5O2S. The predicted octanol–water partition coefficient (Wildman–Crippen LogP) is 4.62. The normalized spacial score (nSPS) is 14.6. The summed E-state index contributed by atoms with van der Waals surface area (Å²) in [4.78, 5) is 15.1. The molecule has 0 radical (unpaired) electrons. The fourth-order valence-corrected chi connectivity index (χ4v) is 5.71. The van der Waals surface area contributed by atoms with Crippen LogP contribution in [0.15, 0.2) is 42.9 Å². The predicted molar refractivity (Wildman–Crippen MR) is 133 cm³/mol. The van der Waals surface area contributed by atoms with Crippen molar-refractivity contribution in [2.45, 2.75) is 25.3 Å². The molecule has 8 heteroatoms. The monoisotopic (exact) mass is 461 g/mol. The van der Waals surface area contributed by atoms with Gasteiger partial charge in [0.15, 0.2) is 0 Å². The van der Waals surface area contributed by atoms with Gasteiger partial charge in [0.05, 0.1) is 19.0 Å². The molecule has 7 nitrogen and oxygen atoms in total. The molecule has 1 saturated heterocycles. The molecule has 5 rings (SSSR count). The maximum absolute atomic E-state index is 6.32. The molecule has 170 valence electrons. The molecule has 0 bridgehead atoms. The number of pyridine rings is 2. The third-order valence-electron chi connectivity index (χ3n) is 6.13. The highest BCUT2D eigenvalue weighted by Crippen LogP contribution is 2.41. The van der Waals surface area contributed by atoms with E-state index in [1.807, 2.05) is 19.3 Å². The van der Waals surface area contributed by atoms with Crippen LogP contribution in [0.2, 0.25) is 0 Å². The molecule has 3 aromatic heterocycles. The lowest BCUT2D eigenvalue weighted by Gasteiger charge is -2.21.